The molecule has 0 aromatic heterocycles. The van der Waals surface area contributed by atoms with Gasteiger partial charge in [-0.1, -0.05) is 28.1 Å². The minimum Gasteiger partial charge on any atom is -0.483 e. The lowest BCUT2D eigenvalue weighted by atomic mass is 10.1. The quantitative estimate of drug-likeness (QED) is 0.250. The van der Waals surface area contributed by atoms with E-state index < -0.39 is 10.8 Å². The van der Waals surface area contributed by atoms with Crippen molar-refractivity contribution in [2.75, 3.05) is 11.9 Å². The minimum atomic E-state index is -0.545. The van der Waals surface area contributed by atoms with Crippen LogP contribution in [0.25, 0.3) is 0 Å². The Morgan fingerprint density at radius 3 is 2.53 bits per heavy atom. The molecular formula is C24H21BrN4O5. The van der Waals surface area contributed by atoms with Gasteiger partial charge in [0.05, 0.1) is 11.1 Å². The molecule has 0 aliphatic heterocycles. The molecule has 3 aromatic rings. The number of amides is 2. The predicted molar refractivity (Wildman–Crippen MR) is 132 cm³/mol. The van der Waals surface area contributed by atoms with E-state index in [0.717, 1.165) is 21.3 Å². The molecular weight excluding hydrogens is 504 g/mol. The fourth-order valence-electron chi connectivity index (χ4n) is 2.91. The summed E-state index contributed by atoms with van der Waals surface area (Å²) in [5, 5.41) is 17.5. The van der Waals surface area contributed by atoms with Gasteiger partial charge >= 0.3 is 0 Å². The van der Waals surface area contributed by atoms with E-state index in [9.17, 15) is 19.7 Å². The second-order valence-electron chi connectivity index (χ2n) is 7.34. The van der Waals surface area contributed by atoms with Gasteiger partial charge in [0, 0.05) is 33.4 Å². The summed E-state index contributed by atoms with van der Waals surface area (Å²) in [6.45, 7) is 3.63. The number of nitrogens with zero attached hydrogens (tertiary/aromatic N) is 2. The van der Waals surface area contributed by atoms with E-state index in [2.05, 4.69) is 31.8 Å². The number of halogens is 1. The minimum absolute atomic E-state index is 0.113. The summed E-state index contributed by atoms with van der Waals surface area (Å²) in [4.78, 5) is 34.8. The van der Waals surface area contributed by atoms with Gasteiger partial charge in [0.1, 0.15) is 5.75 Å². The normalized spacial score (nSPS) is 10.7. The number of non-ortho nitro benzene ring substituents is 1. The largest absolute Gasteiger partial charge is 0.483 e. The van der Waals surface area contributed by atoms with Gasteiger partial charge in [-0.3, -0.25) is 19.7 Å². The predicted octanol–water partition coefficient (Wildman–Crippen LogP) is 4.76. The molecule has 9 nitrogen and oxygen atoms in total. The number of carbonyl (C=O) groups excluding carboxylic acids is 2. The molecule has 0 bridgehead atoms. The smallest absolute Gasteiger partial charge is 0.271 e. The summed E-state index contributed by atoms with van der Waals surface area (Å²) in [6, 6.07) is 16.1. The molecule has 3 rings (SSSR count). The van der Waals surface area contributed by atoms with Gasteiger partial charge in [-0.2, -0.15) is 5.10 Å². The summed E-state index contributed by atoms with van der Waals surface area (Å²) in [5.41, 5.74) is 5.69. The van der Waals surface area contributed by atoms with Crippen LogP contribution in [-0.4, -0.2) is 29.6 Å². The Morgan fingerprint density at radius 1 is 1.09 bits per heavy atom. The molecule has 0 unspecified atom stereocenters. The molecule has 174 valence electrons. The van der Waals surface area contributed by atoms with Crippen molar-refractivity contribution in [3.63, 3.8) is 0 Å². The molecule has 2 amide bonds. The van der Waals surface area contributed by atoms with E-state index in [1.54, 1.807) is 18.2 Å². The molecule has 2 N–H and O–H groups in total. The third-order valence-corrected chi connectivity index (χ3v) is 5.20. The highest BCUT2D eigenvalue weighted by atomic mass is 79.9. The van der Waals surface area contributed by atoms with Gasteiger partial charge in [0.15, 0.2) is 6.61 Å². The summed E-state index contributed by atoms with van der Waals surface area (Å²) in [7, 11) is 0. The molecule has 0 fully saturated rings. The van der Waals surface area contributed by atoms with E-state index in [-0.39, 0.29) is 23.8 Å². The van der Waals surface area contributed by atoms with Crippen LogP contribution in [0.4, 0.5) is 11.4 Å². The Kier molecular flexibility index (Phi) is 8.10. The number of nitrogens with one attached hydrogen (secondary N) is 2. The number of aryl methyl sites for hydroxylation is 2. The van der Waals surface area contributed by atoms with Crippen molar-refractivity contribution in [3.8, 4) is 5.75 Å². The molecule has 0 atom stereocenters. The molecule has 0 spiro atoms. The van der Waals surface area contributed by atoms with Gasteiger partial charge in [-0.15, -0.1) is 0 Å². The van der Waals surface area contributed by atoms with Crippen molar-refractivity contribution < 1.29 is 19.2 Å². The number of hydrazone groups is 1. The number of nitro benzene ring substituents is 1. The number of nitro groups is 1. The van der Waals surface area contributed by atoms with E-state index in [1.807, 2.05) is 32.0 Å². The highest BCUT2D eigenvalue weighted by molar-refractivity contribution is 9.10. The first kappa shape index (κ1) is 24.6. The Hall–Kier alpha value is -4.05. The van der Waals surface area contributed by atoms with Crippen molar-refractivity contribution in [2.45, 2.75) is 13.8 Å². The van der Waals surface area contributed by atoms with Crippen LogP contribution in [0.2, 0.25) is 0 Å². The van der Waals surface area contributed by atoms with Gasteiger partial charge in [0.25, 0.3) is 17.5 Å². The van der Waals surface area contributed by atoms with Crippen LogP contribution in [0.3, 0.4) is 0 Å². The zero-order valence-electron chi connectivity index (χ0n) is 18.4. The standard InChI is InChI=1S/C24H21BrN4O5/c1-15-3-4-16(2)21(11-15)27-23(30)14-34-22-10-7-19(25)12-18(22)13-26-28-24(31)17-5-8-20(9-6-17)29(32)33/h3-13H,14H2,1-2H3,(H,27,30)(H,28,31)/b26-13+. The molecule has 10 heteroatoms. The Labute approximate surface area is 204 Å². The average molecular weight is 525 g/mol. The van der Waals surface area contributed by atoms with E-state index in [0.29, 0.717) is 11.3 Å². The molecule has 0 aliphatic rings. The molecule has 0 radical (unpaired) electrons. The number of carbonyl (C=O) groups is 2. The lowest BCUT2D eigenvalue weighted by Gasteiger charge is -2.12. The van der Waals surface area contributed by atoms with E-state index in [1.165, 1.54) is 30.5 Å². The molecule has 3 aromatic carbocycles. The maximum atomic E-state index is 12.4. The zero-order chi connectivity index (χ0) is 24.7. The second kappa shape index (κ2) is 11.2. The van der Waals surface area contributed by atoms with Crippen LogP contribution in [0.1, 0.15) is 27.0 Å². The van der Waals surface area contributed by atoms with Crippen LogP contribution < -0.4 is 15.5 Å². The number of hydrogen-bond donors (Lipinski definition) is 2. The lowest BCUT2D eigenvalue weighted by Crippen LogP contribution is -2.21. The number of anilines is 1. The summed E-state index contributed by atoms with van der Waals surface area (Å²) < 4.78 is 6.43. The van der Waals surface area contributed by atoms with Gasteiger partial charge < -0.3 is 10.1 Å². The SMILES string of the molecule is Cc1ccc(C)c(NC(=O)COc2ccc(Br)cc2/C=N/NC(=O)c2ccc([N+](=O)[O-])cc2)c1. The number of rotatable bonds is 8. The summed E-state index contributed by atoms with van der Waals surface area (Å²) in [6.07, 6.45) is 1.38. The highest BCUT2D eigenvalue weighted by Gasteiger charge is 2.11. The van der Waals surface area contributed by atoms with Crippen LogP contribution in [0.15, 0.2) is 70.2 Å². The topological polar surface area (TPSA) is 123 Å². The monoisotopic (exact) mass is 524 g/mol. The van der Waals surface area contributed by atoms with Crippen molar-refractivity contribution >= 4 is 45.3 Å². The number of hydrogen-bond acceptors (Lipinski definition) is 6. The van der Waals surface area contributed by atoms with Crippen molar-refractivity contribution in [1.82, 2.24) is 5.43 Å². The maximum absolute atomic E-state index is 12.4. The third-order valence-electron chi connectivity index (χ3n) is 4.71. The highest BCUT2D eigenvalue weighted by Crippen LogP contribution is 2.22. The summed E-state index contributed by atoms with van der Waals surface area (Å²) in [5.74, 6) is -0.449. The maximum Gasteiger partial charge on any atom is 0.271 e. The van der Waals surface area contributed by atoms with Crippen LogP contribution in [0.5, 0.6) is 5.75 Å². The number of benzene rings is 3. The molecule has 0 saturated heterocycles. The van der Waals surface area contributed by atoms with Gasteiger partial charge in [0.2, 0.25) is 0 Å². The van der Waals surface area contributed by atoms with E-state index in [4.69, 9.17) is 4.74 Å². The first-order valence-electron chi connectivity index (χ1n) is 10.1. The third kappa shape index (κ3) is 6.72. The zero-order valence-corrected chi connectivity index (χ0v) is 20.0. The van der Waals surface area contributed by atoms with Crippen molar-refractivity contribution in [3.05, 3.63) is 97.5 Å². The summed E-state index contributed by atoms with van der Waals surface area (Å²) >= 11 is 3.37. The molecule has 34 heavy (non-hydrogen) atoms. The Morgan fingerprint density at radius 2 is 1.82 bits per heavy atom. The fraction of sp³-hybridized carbons (Fsp3) is 0.125. The van der Waals surface area contributed by atoms with Crippen LogP contribution in [0, 0.1) is 24.0 Å². The molecule has 0 heterocycles. The first-order chi connectivity index (χ1) is 16.2. The van der Waals surface area contributed by atoms with Crippen molar-refractivity contribution in [2.24, 2.45) is 5.10 Å². The average Bonchev–Trinajstić information content (AvgIpc) is 2.81. The van der Waals surface area contributed by atoms with Crippen LogP contribution in [-0.2, 0) is 4.79 Å². The van der Waals surface area contributed by atoms with Crippen LogP contribution >= 0.6 is 15.9 Å². The van der Waals surface area contributed by atoms with Gasteiger partial charge in [-0.25, -0.2) is 5.43 Å². The lowest BCUT2D eigenvalue weighted by molar-refractivity contribution is -0.384. The Balaban J connectivity index is 1.63. The van der Waals surface area contributed by atoms with Gasteiger partial charge in [-0.05, 0) is 61.4 Å². The first-order valence-corrected chi connectivity index (χ1v) is 10.9. The molecule has 0 saturated carbocycles. The van der Waals surface area contributed by atoms with Crippen molar-refractivity contribution in [1.29, 1.82) is 0 Å². The fourth-order valence-corrected chi connectivity index (χ4v) is 3.29. The number of ether oxygens (including phenoxy) is 1. The Bertz CT molecular complexity index is 1260. The van der Waals surface area contributed by atoms with E-state index >= 15 is 0 Å². The molecule has 0 aliphatic carbocycles. The second-order valence-corrected chi connectivity index (χ2v) is 8.26.